The molecule has 37 heavy (non-hydrogen) atoms. The monoisotopic (exact) mass is 497 g/mol. The van der Waals surface area contributed by atoms with E-state index in [0.29, 0.717) is 6.42 Å². The van der Waals surface area contributed by atoms with Crippen molar-refractivity contribution in [2.75, 3.05) is 14.2 Å². The van der Waals surface area contributed by atoms with Gasteiger partial charge in [0.25, 0.3) is 0 Å². The van der Waals surface area contributed by atoms with Gasteiger partial charge in [-0.05, 0) is 29.5 Å². The van der Waals surface area contributed by atoms with Crippen molar-refractivity contribution >= 4 is 11.9 Å². The standard InChI is InChI=1S/C32H35NO4/c1-36-31(34)29(32(35)37-2)25-19-12-20-28(22-21-25)33(23-24-13-6-3-7-14-24)30(26-15-8-4-9-16-26)27-17-10-5-11-18-27/h3-11,13-18,21-22,25,28-30H,12,19-20,23H2,1-2H3/t25-,28+/m0/s1. The van der Waals surface area contributed by atoms with Crippen molar-refractivity contribution < 1.29 is 19.1 Å². The molecule has 0 bridgehead atoms. The second-order valence-electron chi connectivity index (χ2n) is 9.45. The Labute approximate surface area is 219 Å². The van der Waals surface area contributed by atoms with Crippen LogP contribution in [0.5, 0.6) is 0 Å². The molecule has 0 aliphatic heterocycles. The Bertz CT molecular complexity index is 1110. The Balaban J connectivity index is 1.74. The Morgan fingerprint density at radius 1 is 0.757 bits per heavy atom. The Kier molecular flexibility index (Phi) is 9.28. The van der Waals surface area contributed by atoms with Crippen molar-refractivity contribution in [3.8, 4) is 0 Å². The molecule has 0 amide bonds. The second-order valence-corrected chi connectivity index (χ2v) is 9.45. The fourth-order valence-electron chi connectivity index (χ4n) is 5.32. The molecule has 5 heteroatoms. The maximum Gasteiger partial charge on any atom is 0.320 e. The molecule has 0 fully saturated rings. The van der Waals surface area contributed by atoms with Crippen LogP contribution in [0.25, 0.3) is 0 Å². The molecule has 3 aromatic rings. The number of ether oxygens (including phenoxy) is 2. The molecule has 0 saturated carbocycles. The fraction of sp³-hybridized carbons (Fsp3) is 0.312. The van der Waals surface area contributed by atoms with E-state index in [9.17, 15) is 9.59 Å². The van der Waals surface area contributed by atoms with Crippen LogP contribution in [0.1, 0.15) is 42.0 Å². The summed E-state index contributed by atoms with van der Waals surface area (Å²) in [5.74, 6) is -2.32. The SMILES string of the molecule is COC(=O)C(C(=O)OC)[C@@H]1C=C[C@H](N(Cc2ccccc2)C(c2ccccc2)c2ccccc2)CCC1. The summed E-state index contributed by atoms with van der Waals surface area (Å²) in [6.45, 7) is 0.756. The molecule has 0 spiro atoms. The lowest BCUT2D eigenvalue weighted by molar-refractivity contribution is -0.160. The smallest absolute Gasteiger partial charge is 0.320 e. The Morgan fingerprint density at radius 2 is 1.27 bits per heavy atom. The number of hydrogen-bond donors (Lipinski definition) is 0. The molecule has 0 unspecified atom stereocenters. The number of hydrogen-bond acceptors (Lipinski definition) is 5. The molecule has 0 heterocycles. The van der Waals surface area contributed by atoms with Gasteiger partial charge < -0.3 is 9.47 Å². The molecule has 3 aromatic carbocycles. The molecule has 0 N–H and O–H groups in total. The molecule has 0 saturated heterocycles. The van der Waals surface area contributed by atoms with Crippen LogP contribution < -0.4 is 0 Å². The number of carbonyl (C=O) groups excluding carboxylic acids is 2. The van der Waals surface area contributed by atoms with Gasteiger partial charge in [-0.2, -0.15) is 0 Å². The predicted octanol–water partition coefficient (Wildman–Crippen LogP) is 5.97. The van der Waals surface area contributed by atoms with Crippen LogP contribution in [0.3, 0.4) is 0 Å². The number of rotatable bonds is 9. The molecule has 0 aromatic heterocycles. The normalized spacial score (nSPS) is 17.5. The molecular weight excluding hydrogens is 462 g/mol. The van der Waals surface area contributed by atoms with E-state index in [0.717, 1.165) is 19.4 Å². The van der Waals surface area contributed by atoms with Gasteiger partial charge in [-0.25, -0.2) is 0 Å². The quantitative estimate of drug-likeness (QED) is 0.207. The lowest BCUT2D eigenvalue weighted by atomic mass is 9.88. The van der Waals surface area contributed by atoms with Crippen LogP contribution in [0.15, 0.2) is 103 Å². The van der Waals surface area contributed by atoms with Gasteiger partial charge in [-0.1, -0.05) is 110 Å². The van der Waals surface area contributed by atoms with Crippen molar-refractivity contribution in [1.29, 1.82) is 0 Å². The summed E-state index contributed by atoms with van der Waals surface area (Å²) in [6, 6.07) is 31.8. The van der Waals surface area contributed by atoms with Crippen LogP contribution in [0.2, 0.25) is 0 Å². The highest BCUT2D eigenvalue weighted by Gasteiger charge is 2.37. The summed E-state index contributed by atoms with van der Waals surface area (Å²) in [5, 5.41) is 0. The van der Waals surface area contributed by atoms with Gasteiger partial charge in [0.1, 0.15) is 0 Å². The maximum atomic E-state index is 12.5. The van der Waals surface area contributed by atoms with E-state index in [4.69, 9.17) is 9.47 Å². The lowest BCUT2D eigenvalue weighted by Gasteiger charge is -2.38. The summed E-state index contributed by atoms with van der Waals surface area (Å²) in [4.78, 5) is 27.5. The summed E-state index contributed by atoms with van der Waals surface area (Å²) in [7, 11) is 2.63. The van der Waals surface area contributed by atoms with Crippen LogP contribution in [-0.2, 0) is 25.6 Å². The molecule has 2 atom stereocenters. The van der Waals surface area contributed by atoms with E-state index in [1.165, 1.54) is 30.9 Å². The minimum absolute atomic E-state index is 0.0332. The molecule has 5 nitrogen and oxygen atoms in total. The molecule has 1 aliphatic carbocycles. The molecular formula is C32H35NO4. The van der Waals surface area contributed by atoms with Crippen LogP contribution in [0, 0.1) is 11.8 Å². The topological polar surface area (TPSA) is 55.8 Å². The first kappa shape index (κ1) is 26.4. The largest absolute Gasteiger partial charge is 0.468 e. The second kappa shape index (κ2) is 13.0. The van der Waals surface area contributed by atoms with Gasteiger partial charge in [-0.3, -0.25) is 14.5 Å². The van der Waals surface area contributed by atoms with Crippen LogP contribution in [-0.4, -0.2) is 37.1 Å². The zero-order valence-electron chi connectivity index (χ0n) is 21.5. The van der Waals surface area contributed by atoms with E-state index in [2.05, 4.69) is 83.8 Å². The van der Waals surface area contributed by atoms with Crippen molar-refractivity contribution in [2.24, 2.45) is 11.8 Å². The highest BCUT2D eigenvalue weighted by molar-refractivity contribution is 5.95. The summed E-state index contributed by atoms with van der Waals surface area (Å²) < 4.78 is 9.90. The predicted molar refractivity (Wildman–Crippen MR) is 145 cm³/mol. The van der Waals surface area contributed by atoms with E-state index in [1.807, 2.05) is 24.3 Å². The lowest BCUT2D eigenvalue weighted by Crippen LogP contribution is -2.37. The number of allylic oxidation sites excluding steroid dienone is 1. The third-order valence-electron chi connectivity index (χ3n) is 7.15. The van der Waals surface area contributed by atoms with Crippen molar-refractivity contribution in [3.05, 3.63) is 120 Å². The van der Waals surface area contributed by atoms with Crippen molar-refractivity contribution in [3.63, 3.8) is 0 Å². The van der Waals surface area contributed by atoms with E-state index in [-0.39, 0.29) is 18.0 Å². The van der Waals surface area contributed by atoms with Gasteiger partial charge in [-0.15, -0.1) is 0 Å². The number of esters is 2. The molecule has 1 aliphatic rings. The Morgan fingerprint density at radius 3 is 1.78 bits per heavy atom. The molecule has 4 rings (SSSR count). The van der Waals surface area contributed by atoms with Gasteiger partial charge >= 0.3 is 11.9 Å². The third-order valence-corrected chi connectivity index (χ3v) is 7.15. The maximum absolute atomic E-state index is 12.5. The van der Waals surface area contributed by atoms with E-state index < -0.39 is 17.9 Å². The van der Waals surface area contributed by atoms with Crippen LogP contribution >= 0.6 is 0 Å². The third kappa shape index (κ3) is 6.55. The number of benzene rings is 3. The Hall–Kier alpha value is -3.70. The minimum Gasteiger partial charge on any atom is -0.468 e. The van der Waals surface area contributed by atoms with E-state index in [1.54, 1.807) is 0 Å². The van der Waals surface area contributed by atoms with E-state index >= 15 is 0 Å². The zero-order valence-corrected chi connectivity index (χ0v) is 21.5. The average molecular weight is 498 g/mol. The van der Waals surface area contributed by atoms with Gasteiger partial charge in [0.05, 0.1) is 20.3 Å². The van der Waals surface area contributed by atoms with Gasteiger partial charge in [0.2, 0.25) is 0 Å². The summed E-state index contributed by atoms with van der Waals surface area (Å²) in [5.41, 5.74) is 3.68. The van der Waals surface area contributed by atoms with Crippen molar-refractivity contribution in [1.82, 2.24) is 4.90 Å². The average Bonchev–Trinajstić information content (AvgIpc) is 3.20. The zero-order chi connectivity index (χ0) is 26.0. The highest BCUT2D eigenvalue weighted by atomic mass is 16.5. The number of methoxy groups -OCH3 is 2. The summed E-state index contributed by atoms with van der Waals surface area (Å²) in [6.07, 6.45) is 6.70. The molecule has 0 radical (unpaired) electrons. The molecule has 192 valence electrons. The first-order valence-electron chi connectivity index (χ1n) is 12.9. The fourth-order valence-corrected chi connectivity index (χ4v) is 5.32. The first-order chi connectivity index (χ1) is 18.1. The number of nitrogens with zero attached hydrogens (tertiary/aromatic N) is 1. The first-order valence-corrected chi connectivity index (χ1v) is 12.9. The van der Waals surface area contributed by atoms with Crippen LogP contribution in [0.4, 0.5) is 0 Å². The summed E-state index contributed by atoms with van der Waals surface area (Å²) >= 11 is 0. The van der Waals surface area contributed by atoms with Gasteiger partial charge in [0, 0.05) is 18.5 Å². The van der Waals surface area contributed by atoms with Crippen molar-refractivity contribution in [2.45, 2.75) is 37.9 Å². The highest BCUT2D eigenvalue weighted by Crippen LogP contribution is 2.36. The minimum atomic E-state index is -0.952. The van der Waals surface area contributed by atoms with Gasteiger partial charge in [0.15, 0.2) is 5.92 Å². The number of carbonyl (C=O) groups is 2.